The third-order valence-corrected chi connectivity index (χ3v) is 3.68. The molecule has 2 rings (SSSR count). The summed E-state index contributed by atoms with van der Waals surface area (Å²) in [7, 11) is 0. The first-order valence-corrected chi connectivity index (χ1v) is 8.00. The van der Waals surface area contributed by atoms with Gasteiger partial charge in [-0.2, -0.15) is 0 Å². The van der Waals surface area contributed by atoms with E-state index in [2.05, 4.69) is 21.2 Å². The number of amides is 1. The highest BCUT2D eigenvalue weighted by Gasteiger charge is 2.23. The van der Waals surface area contributed by atoms with Crippen molar-refractivity contribution in [2.24, 2.45) is 5.73 Å². The van der Waals surface area contributed by atoms with Crippen molar-refractivity contribution in [2.75, 3.05) is 19.8 Å². The van der Waals surface area contributed by atoms with Gasteiger partial charge in [0.15, 0.2) is 18.1 Å². The Morgan fingerprint density at radius 2 is 2.19 bits per heavy atom. The minimum Gasteiger partial charge on any atom is -0.490 e. The SMILES string of the molecule is CCOc1cc(CCN)cc(Br)c1OCC(=O)NC1CC1. The fraction of sp³-hybridized carbons (Fsp3) is 0.533. The van der Waals surface area contributed by atoms with E-state index < -0.39 is 0 Å². The molecular formula is C15H21BrN2O3. The predicted octanol–water partition coefficient (Wildman–Crippen LogP) is 2.01. The summed E-state index contributed by atoms with van der Waals surface area (Å²) in [5.74, 6) is 1.09. The lowest BCUT2D eigenvalue weighted by Gasteiger charge is -2.15. The lowest BCUT2D eigenvalue weighted by atomic mass is 10.1. The van der Waals surface area contributed by atoms with Gasteiger partial charge < -0.3 is 20.5 Å². The summed E-state index contributed by atoms with van der Waals surface area (Å²) >= 11 is 3.47. The summed E-state index contributed by atoms with van der Waals surface area (Å²) in [6, 6.07) is 4.20. The van der Waals surface area contributed by atoms with Crippen molar-refractivity contribution in [3.8, 4) is 11.5 Å². The van der Waals surface area contributed by atoms with Gasteiger partial charge >= 0.3 is 0 Å². The minimum absolute atomic E-state index is 0.00852. The molecule has 0 aliphatic heterocycles. The van der Waals surface area contributed by atoms with Gasteiger partial charge in [-0.05, 0) is 66.4 Å². The molecule has 0 bridgehead atoms. The number of hydrogen-bond acceptors (Lipinski definition) is 4. The molecule has 1 aromatic carbocycles. The highest BCUT2D eigenvalue weighted by Crippen LogP contribution is 2.37. The normalized spacial score (nSPS) is 13.9. The van der Waals surface area contributed by atoms with Gasteiger partial charge in [0.2, 0.25) is 0 Å². The molecule has 21 heavy (non-hydrogen) atoms. The van der Waals surface area contributed by atoms with Crippen molar-refractivity contribution in [3.05, 3.63) is 22.2 Å². The molecule has 0 heterocycles. The molecule has 1 aromatic rings. The zero-order valence-corrected chi connectivity index (χ0v) is 13.7. The average molecular weight is 357 g/mol. The number of benzene rings is 1. The van der Waals surface area contributed by atoms with Gasteiger partial charge in [0.05, 0.1) is 11.1 Å². The zero-order valence-electron chi connectivity index (χ0n) is 12.2. The largest absolute Gasteiger partial charge is 0.490 e. The van der Waals surface area contributed by atoms with E-state index in [-0.39, 0.29) is 12.5 Å². The van der Waals surface area contributed by atoms with E-state index >= 15 is 0 Å². The van der Waals surface area contributed by atoms with E-state index in [4.69, 9.17) is 15.2 Å². The Balaban J connectivity index is 2.06. The first kappa shape index (κ1) is 16.1. The van der Waals surface area contributed by atoms with E-state index in [9.17, 15) is 4.79 Å². The van der Waals surface area contributed by atoms with Crippen LogP contribution in [-0.4, -0.2) is 31.7 Å². The molecule has 0 aromatic heterocycles. The summed E-state index contributed by atoms with van der Waals surface area (Å²) in [6.07, 6.45) is 2.89. The maximum Gasteiger partial charge on any atom is 0.258 e. The van der Waals surface area contributed by atoms with Crippen molar-refractivity contribution in [2.45, 2.75) is 32.2 Å². The lowest BCUT2D eigenvalue weighted by molar-refractivity contribution is -0.123. The second-order valence-electron chi connectivity index (χ2n) is 5.01. The standard InChI is InChI=1S/C15H21BrN2O3/c1-2-20-13-8-10(5-6-17)7-12(16)15(13)21-9-14(19)18-11-3-4-11/h7-8,11H,2-6,9,17H2,1H3,(H,18,19). The Labute approximate surface area is 133 Å². The molecule has 0 spiro atoms. The summed E-state index contributed by atoms with van der Waals surface area (Å²) in [4.78, 5) is 11.7. The number of hydrogen-bond donors (Lipinski definition) is 2. The van der Waals surface area contributed by atoms with Crippen molar-refractivity contribution in [1.82, 2.24) is 5.32 Å². The van der Waals surface area contributed by atoms with Gasteiger partial charge in [-0.3, -0.25) is 4.79 Å². The van der Waals surface area contributed by atoms with Crippen LogP contribution >= 0.6 is 15.9 Å². The first-order chi connectivity index (χ1) is 10.1. The molecule has 1 amide bonds. The molecule has 116 valence electrons. The summed E-state index contributed by atoms with van der Waals surface area (Å²) in [5, 5.41) is 2.89. The van der Waals surface area contributed by atoms with Crippen molar-refractivity contribution < 1.29 is 14.3 Å². The second kappa shape index (κ2) is 7.66. The number of carbonyl (C=O) groups excluding carboxylic acids is 1. The van der Waals surface area contributed by atoms with Crippen molar-refractivity contribution in [1.29, 1.82) is 0 Å². The quantitative estimate of drug-likeness (QED) is 0.747. The van der Waals surface area contributed by atoms with E-state index in [0.717, 1.165) is 29.3 Å². The Bertz CT molecular complexity index is 504. The lowest BCUT2D eigenvalue weighted by Crippen LogP contribution is -2.30. The van der Waals surface area contributed by atoms with Gasteiger partial charge in [0.25, 0.3) is 5.91 Å². The number of ether oxygens (including phenoxy) is 2. The van der Waals surface area contributed by atoms with Gasteiger partial charge in [-0.1, -0.05) is 0 Å². The van der Waals surface area contributed by atoms with Gasteiger partial charge in [0.1, 0.15) is 0 Å². The number of carbonyl (C=O) groups is 1. The van der Waals surface area contributed by atoms with E-state index in [1.807, 2.05) is 19.1 Å². The molecule has 5 nitrogen and oxygen atoms in total. The highest BCUT2D eigenvalue weighted by molar-refractivity contribution is 9.10. The maximum atomic E-state index is 11.7. The fourth-order valence-electron chi connectivity index (χ4n) is 1.97. The monoisotopic (exact) mass is 356 g/mol. The number of nitrogens with two attached hydrogens (primary N) is 1. The summed E-state index contributed by atoms with van der Waals surface area (Å²) in [6.45, 7) is 3.00. The van der Waals surface area contributed by atoms with E-state index in [1.165, 1.54) is 0 Å². The Kier molecular flexibility index (Phi) is 5.87. The molecule has 1 aliphatic carbocycles. The summed E-state index contributed by atoms with van der Waals surface area (Å²) < 4.78 is 12.0. The van der Waals surface area contributed by atoms with Gasteiger partial charge in [-0.25, -0.2) is 0 Å². The molecular weight excluding hydrogens is 336 g/mol. The molecule has 0 saturated heterocycles. The molecule has 6 heteroatoms. The number of nitrogens with one attached hydrogen (secondary N) is 1. The molecule has 1 saturated carbocycles. The average Bonchev–Trinajstić information content (AvgIpc) is 3.22. The van der Waals surface area contributed by atoms with E-state index in [0.29, 0.717) is 30.7 Å². The Morgan fingerprint density at radius 3 is 2.81 bits per heavy atom. The van der Waals surface area contributed by atoms with Gasteiger partial charge in [-0.15, -0.1) is 0 Å². The van der Waals surface area contributed by atoms with Gasteiger partial charge in [0, 0.05) is 6.04 Å². The van der Waals surface area contributed by atoms with Crippen LogP contribution in [0.3, 0.4) is 0 Å². The first-order valence-electron chi connectivity index (χ1n) is 7.21. The highest BCUT2D eigenvalue weighted by atomic mass is 79.9. The van der Waals surface area contributed by atoms with Crippen LogP contribution in [-0.2, 0) is 11.2 Å². The summed E-state index contributed by atoms with van der Waals surface area (Å²) in [5.41, 5.74) is 6.65. The molecule has 3 N–H and O–H groups in total. The number of rotatable bonds is 8. The maximum absolute atomic E-state index is 11.7. The predicted molar refractivity (Wildman–Crippen MR) is 84.7 cm³/mol. The molecule has 0 unspecified atom stereocenters. The smallest absolute Gasteiger partial charge is 0.258 e. The molecule has 1 fully saturated rings. The third-order valence-electron chi connectivity index (χ3n) is 3.09. The molecule has 0 atom stereocenters. The fourth-order valence-corrected chi connectivity index (χ4v) is 2.57. The van der Waals surface area contributed by atoms with Crippen molar-refractivity contribution in [3.63, 3.8) is 0 Å². The topological polar surface area (TPSA) is 73.6 Å². The minimum atomic E-state index is -0.0992. The van der Waals surface area contributed by atoms with Crippen LogP contribution in [0, 0.1) is 0 Å². The van der Waals surface area contributed by atoms with E-state index in [1.54, 1.807) is 0 Å². The van der Waals surface area contributed by atoms with Crippen molar-refractivity contribution >= 4 is 21.8 Å². The number of halogens is 1. The second-order valence-corrected chi connectivity index (χ2v) is 5.86. The van der Waals surface area contributed by atoms with Crippen LogP contribution < -0.4 is 20.5 Å². The van der Waals surface area contributed by atoms with Crippen LogP contribution in [0.1, 0.15) is 25.3 Å². The van der Waals surface area contributed by atoms with Crippen LogP contribution in [0.5, 0.6) is 11.5 Å². The molecule has 0 radical (unpaired) electrons. The van der Waals surface area contributed by atoms with Crippen LogP contribution in [0.2, 0.25) is 0 Å². The molecule has 1 aliphatic rings. The van der Waals surface area contributed by atoms with Crippen LogP contribution in [0.4, 0.5) is 0 Å². The van der Waals surface area contributed by atoms with Crippen LogP contribution in [0.25, 0.3) is 0 Å². The third kappa shape index (κ3) is 4.89. The zero-order chi connectivity index (χ0) is 15.2. The Morgan fingerprint density at radius 1 is 1.43 bits per heavy atom. The Hall–Kier alpha value is -1.27. The van der Waals surface area contributed by atoms with Crippen LogP contribution in [0.15, 0.2) is 16.6 Å².